The van der Waals surface area contributed by atoms with Crippen LogP contribution in [0.5, 0.6) is 0 Å². The van der Waals surface area contributed by atoms with Crippen molar-refractivity contribution in [3.05, 3.63) is 38.9 Å². The standard InChI is InChI=1S/C14H20ClN3O3/c15-14-8-13(18(20)21)4-3-11(14)9-17(6-7-19)10-12-2-1-5-16-12/h3-4,8,12,16,19H,1-2,5-7,9-10H2. The van der Waals surface area contributed by atoms with Gasteiger partial charge in [0, 0.05) is 37.8 Å². The minimum Gasteiger partial charge on any atom is -0.395 e. The van der Waals surface area contributed by atoms with E-state index in [-0.39, 0.29) is 12.3 Å². The molecule has 116 valence electrons. The predicted octanol–water partition coefficient (Wildman–Crippen LogP) is 1.79. The molecule has 21 heavy (non-hydrogen) atoms. The monoisotopic (exact) mass is 313 g/mol. The molecule has 7 heteroatoms. The van der Waals surface area contributed by atoms with Crippen LogP contribution in [0.3, 0.4) is 0 Å². The number of halogens is 1. The Kier molecular flexibility index (Phi) is 5.93. The highest BCUT2D eigenvalue weighted by Crippen LogP contribution is 2.24. The number of aliphatic hydroxyl groups is 1. The van der Waals surface area contributed by atoms with E-state index in [2.05, 4.69) is 10.2 Å². The number of hydrogen-bond donors (Lipinski definition) is 2. The van der Waals surface area contributed by atoms with Crippen LogP contribution in [0.15, 0.2) is 18.2 Å². The number of nitrogens with zero attached hydrogens (tertiary/aromatic N) is 2. The topological polar surface area (TPSA) is 78.6 Å². The van der Waals surface area contributed by atoms with Gasteiger partial charge in [-0.1, -0.05) is 11.6 Å². The quantitative estimate of drug-likeness (QED) is 0.593. The SMILES string of the molecule is O=[N+]([O-])c1ccc(CN(CCO)CC2CCCN2)c(Cl)c1. The number of benzene rings is 1. The fourth-order valence-electron chi connectivity index (χ4n) is 2.62. The molecule has 0 spiro atoms. The smallest absolute Gasteiger partial charge is 0.270 e. The minimum absolute atomic E-state index is 0.00471. The first-order chi connectivity index (χ1) is 10.1. The van der Waals surface area contributed by atoms with E-state index in [1.54, 1.807) is 6.07 Å². The van der Waals surface area contributed by atoms with Crippen molar-refractivity contribution < 1.29 is 10.0 Å². The van der Waals surface area contributed by atoms with Crippen LogP contribution in [0.4, 0.5) is 5.69 Å². The van der Waals surface area contributed by atoms with Gasteiger partial charge in [0.25, 0.3) is 5.69 Å². The Morgan fingerprint density at radius 1 is 1.52 bits per heavy atom. The third kappa shape index (κ3) is 4.64. The molecule has 0 radical (unpaired) electrons. The van der Waals surface area contributed by atoms with Crippen molar-refractivity contribution in [3.63, 3.8) is 0 Å². The summed E-state index contributed by atoms with van der Waals surface area (Å²) >= 11 is 6.13. The number of hydrogen-bond acceptors (Lipinski definition) is 5. The molecule has 1 fully saturated rings. The summed E-state index contributed by atoms with van der Waals surface area (Å²) in [6.45, 7) is 3.10. The molecule has 1 aromatic rings. The lowest BCUT2D eigenvalue weighted by Gasteiger charge is -2.25. The molecule has 0 aromatic heterocycles. The summed E-state index contributed by atoms with van der Waals surface area (Å²) in [5.41, 5.74) is 0.837. The largest absolute Gasteiger partial charge is 0.395 e. The summed E-state index contributed by atoms with van der Waals surface area (Å²) in [7, 11) is 0. The van der Waals surface area contributed by atoms with Crippen LogP contribution in [-0.2, 0) is 6.54 Å². The van der Waals surface area contributed by atoms with Crippen molar-refractivity contribution in [2.75, 3.05) is 26.2 Å². The van der Waals surface area contributed by atoms with E-state index in [1.807, 2.05) is 0 Å². The summed E-state index contributed by atoms with van der Waals surface area (Å²) in [5, 5.41) is 23.7. The van der Waals surface area contributed by atoms with Crippen LogP contribution in [-0.4, -0.2) is 47.2 Å². The Balaban J connectivity index is 2.03. The van der Waals surface area contributed by atoms with E-state index < -0.39 is 4.92 Å². The molecule has 2 rings (SSSR count). The lowest BCUT2D eigenvalue weighted by Crippen LogP contribution is -2.38. The maximum atomic E-state index is 10.7. The summed E-state index contributed by atoms with van der Waals surface area (Å²) in [4.78, 5) is 12.4. The molecule has 1 saturated heterocycles. The summed E-state index contributed by atoms with van der Waals surface area (Å²) in [6.07, 6.45) is 2.31. The first-order valence-corrected chi connectivity index (χ1v) is 7.47. The number of nitrogens with one attached hydrogen (secondary N) is 1. The normalized spacial score (nSPS) is 18.3. The maximum Gasteiger partial charge on any atom is 0.270 e. The summed E-state index contributed by atoms with van der Waals surface area (Å²) in [5.74, 6) is 0. The first-order valence-electron chi connectivity index (χ1n) is 7.09. The van der Waals surface area contributed by atoms with Crippen molar-refractivity contribution >= 4 is 17.3 Å². The zero-order chi connectivity index (χ0) is 15.2. The summed E-state index contributed by atoms with van der Waals surface area (Å²) < 4.78 is 0. The Bertz CT molecular complexity index is 492. The zero-order valence-corrected chi connectivity index (χ0v) is 12.6. The van der Waals surface area contributed by atoms with Crippen LogP contribution in [0.2, 0.25) is 5.02 Å². The van der Waals surface area contributed by atoms with Gasteiger partial charge >= 0.3 is 0 Å². The molecule has 1 unspecified atom stereocenters. The third-order valence-electron chi connectivity index (χ3n) is 3.70. The van der Waals surface area contributed by atoms with E-state index >= 15 is 0 Å². The second kappa shape index (κ2) is 7.70. The maximum absolute atomic E-state index is 10.7. The van der Waals surface area contributed by atoms with Gasteiger partial charge in [0.05, 0.1) is 16.6 Å². The Morgan fingerprint density at radius 2 is 2.33 bits per heavy atom. The van der Waals surface area contributed by atoms with Gasteiger partial charge in [-0.25, -0.2) is 0 Å². The van der Waals surface area contributed by atoms with Crippen molar-refractivity contribution in [1.29, 1.82) is 0 Å². The Labute approximate surface area is 128 Å². The Hall–Kier alpha value is -1.21. The highest BCUT2D eigenvalue weighted by Gasteiger charge is 2.19. The molecule has 6 nitrogen and oxygen atoms in total. The van der Waals surface area contributed by atoms with Gasteiger partial charge in [-0.05, 0) is 31.0 Å². The fraction of sp³-hybridized carbons (Fsp3) is 0.571. The molecular weight excluding hydrogens is 294 g/mol. The molecule has 0 aliphatic carbocycles. The number of nitro benzene ring substituents is 1. The second-order valence-electron chi connectivity index (χ2n) is 5.28. The van der Waals surface area contributed by atoms with Gasteiger partial charge in [0.1, 0.15) is 0 Å². The van der Waals surface area contributed by atoms with Crippen molar-refractivity contribution in [2.24, 2.45) is 0 Å². The van der Waals surface area contributed by atoms with Gasteiger partial charge in [-0.2, -0.15) is 0 Å². The molecule has 1 aliphatic rings. The van der Waals surface area contributed by atoms with E-state index in [1.165, 1.54) is 18.6 Å². The van der Waals surface area contributed by atoms with Crippen LogP contribution >= 0.6 is 11.6 Å². The fourth-order valence-corrected chi connectivity index (χ4v) is 2.85. The van der Waals surface area contributed by atoms with Gasteiger partial charge in [-0.3, -0.25) is 15.0 Å². The van der Waals surface area contributed by atoms with E-state index in [0.717, 1.165) is 25.1 Å². The zero-order valence-electron chi connectivity index (χ0n) is 11.8. The number of aliphatic hydroxyl groups excluding tert-OH is 1. The molecule has 2 N–H and O–H groups in total. The number of nitro groups is 1. The van der Waals surface area contributed by atoms with Gasteiger partial charge < -0.3 is 10.4 Å². The number of non-ortho nitro benzene ring substituents is 1. The molecule has 0 bridgehead atoms. The van der Waals surface area contributed by atoms with E-state index in [9.17, 15) is 15.2 Å². The van der Waals surface area contributed by atoms with Crippen molar-refractivity contribution in [3.8, 4) is 0 Å². The average Bonchev–Trinajstić information content (AvgIpc) is 2.94. The second-order valence-corrected chi connectivity index (χ2v) is 5.69. The molecular formula is C14H20ClN3O3. The van der Waals surface area contributed by atoms with Gasteiger partial charge in [0.15, 0.2) is 0 Å². The van der Waals surface area contributed by atoms with Crippen LogP contribution < -0.4 is 5.32 Å². The lowest BCUT2D eigenvalue weighted by molar-refractivity contribution is -0.384. The molecule has 1 atom stereocenters. The Morgan fingerprint density at radius 3 is 2.90 bits per heavy atom. The third-order valence-corrected chi connectivity index (χ3v) is 4.05. The predicted molar refractivity (Wildman–Crippen MR) is 81.5 cm³/mol. The highest BCUT2D eigenvalue weighted by molar-refractivity contribution is 6.31. The summed E-state index contributed by atoms with van der Waals surface area (Å²) in [6, 6.07) is 4.97. The molecule has 1 aromatic carbocycles. The molecule has 1 aliphatic heterocycles. The average molecular weight is 314 g/mol. The molecule has 1 heterocycles. The van der Waals surface area contributed by atoms with Gasteiger partial charge in [-0.15, -0.1) is 0 Å². The molecule has 0 saturated carbocycles. The highest BCUT2D eigenvalue weighted by atomic mass is 35.5. The van der Waals surface area contributed by atoms with Crippen LogP contribution in [0.1, 0.15) is 18.4 Å². The first kappa shape index (κ1) is 16.2. The van der Waals surface area contributed by atoms with Crippen LogP contribution in [0, 0.1) is 10.1 Å². The number of rotatable bonds is 7. The van der Waals surface area contributed by atoms with Crippen molar-refractivity contribution in [2.45, 2.75) is 25.4 Å². The van der Waals surface area contributed by atoms with Crippen molar-refractivity contribution in [1.82, 2.24) is 10.2 Å². The lowest BCUT2D eigenvalue weighted by atomic mass is 10.1. The molecule has 0 amide bonds. The van der Waals surface area contributed by atoms with E-state index in [4.69, 9.17) is 11.6 Å². The van der Waals surface area contributed by atoms with Gasteiger partial charge in [0.2, 0.25) is 0 Å². The van der Waals surface area contributed by atoms with Crippen LogP contribution in [0.25, 0.3) is 0 Å². The minimum atomic E-state index is -0.455. The van der Waals surface area contributed by atoms with E-state index in [0.29, 0.717) is 24.2 Å².